The average molecular weight is 283 g/mol. The van der Waals surface area contributed by atoms with Gasteiger partial charge in [-0.15, -0.1) is 0 Å². The first-order chi connectivity index (χ1) is 8.87. The van der Waals surface area contributed by atoms with Crippen LogP contribution >= 0.6 is 7.82 Å². The fourth-order valence-corrected chi connectivity index (χ4v) is 2.47. The summed E-state index contributed by atoms with van der Waals surface area (Å²) >= 11 is 0. The molecule has 104 valence electrons. The summed E-state index contributed by atoms with van der Waals surface area (Å²) in [6.07, 6.45) is 3.73. The number of phosphoric acid groups is 1. The Balaban J connectivity index is 2.40. The van der Waals surface area contributed by atoms with E-state index in [1.807, 2.05) is 12.3 Å². The standard InChI is InChI=1S/C13H18NO4P/c1-9(2)6-7-10-8-14-11-4-3-5-12(13(10)11)18-19(15,16)17/h3-5,8-9,14H,6-7H2,1-2H3,(H2,15,16,17). The lowest BCUT2D eigenvalue weighted by molar-refractivity contribution is 0.284. The smallest absolute Gasteiger partial charge is 0.404 e. The first kappa shape index (κ1) is 14.1. The van der Waals surface area contributed by atoms with Crippen molar-refractivity contribution < 1.29 is 18.9 Å². The van der Waals surface area contributed by atoms with E-state index in [4.69, 9.17) is 14.3 Å². The van der Waals surface area contributed by atoms with Crippen molar-refractivity contribution in [2.24, 2.45) is 5.92 Å². The van der Waals surface area contributed by atoms with Gasteiger partial charge < -0.3 is 9.51 Å². The Morgan fingerprint density at radius 3 is 2.74 bits per heavy atom. The molecule has 5 nitrogen and oxygen atoms in total. The Morgan fingerprint density at radius 1 is 1.37 bits per heavy atom. The number of aromatic nitrogens is 1. The topological polar surface area (TPSA) is 82.6 Å². The first-order valence-corrected chi connectivity index (χ1v) is 7.74. The molecule has 0 radical (unpaired) electrons. The van der Waals surface area contributed by atoms with Gasteiger partial charge in [0.05, 0.1) is 0 Å². The van der Waals surface area contributed by atoms with E-state index in [1.165, 1.54) is 0 Å². The highest BCUT2D eigenvalue weighted by Gasteiger charge is 2.19. The molecule has 1 aromatic carbocycles. The van der Waals surface area contributed by atoms with E-state index in [9.17, 15) is 4.57 Å². The van der Waals surface area contributed by atoms with Crippen LogP contribution in [0.15, 0.2) is 24.4 Å². The molecule has 0 amide bonds. The maximum Gasteiger partial charge on any atom is 0.524 e. The lowest BCUT2D eigenvalue weighted by Gasteiger charge is -2.10. The number of nitrogens with one attached hydrogen (secondary N) is 1. The lowest BCUT2D eigenvalue weighted by atomic mass is 10.0. The van der Waals surface area contributed by atoms with Crippen LogP contribution < -0.4 is 4.52 Å². The molecule has 0 aliphatic rings. The molecule has 6 heteroatoms. The van der Waals surface area contributed by atoms with E-state index in [1.54, 1.807) is 12.1 Å². The van der Waals surface area contributed by atoms with Gasteiger partial charge in [-0.2, -0.15) is 0 Å². The molecule has 0 saturated carbocycles. The third-order valence-corrected chi connectivity index (χ3v) is 3.39. The monoisotopic (exact) mass is 283 g/mol. The lowest BCUT2D eigenvalue weighted by Crippen LogP contribution is -1.94. The molecule has 2 aromatic rings. The van der Waals surface area contributed by atoms with Crippen LogP contribution in [0.25, 0.3) is 10.9 Å². The molecular formula is C13H18NO4P. The molecule has 0 fully saturated rings. The summed E-state index contributed by atoms with van der Waals surface area (Å²) in [4.78, 5) is 21.0. The molecule has 19 heavy (non-hydrogen) atoms. The summed E-state index contributed by atoms with van der Waals surface area (Å²) in [7, 11) is -4.54. The zero-order chi connectivity index (χ0) is 14.0. The number of aromatic amines is 1. The van der Waals surface area contributed by atoms with Crippen molar-refractivity contribution in [3.63, 3.8) is 0 Å². The van der Waals surface area contributed by atoms with Crippen LogP contribution in [0.4, 0.5) is 0 Å². The second-order valence-electron chi connectivity index (χ2n) is 5.01. The Hall–Kier alpha value is -1.29. The highest BCUT2D eigenvalue weighted by molar-refractivity contribution is 7.46. The zero-order valence-electron chi connectivity index (χ0n) is 11.0. The highest BCUT2D eigenvalue weighted by atomic mass is 31.2. The molecule has 0 spiro atoms. The third kappa shape index (κ3) is 3.60. The Kier molecular flexibility index (Phi) is 3.99. The van der Waals surface area contributed by atoms with E-state index in [0.717, 1.165) is 29.3 Å². The molecule has 0 bridgehead atoms. The van der Waals surface area contributed by atoms with Crippen LogP contribution in [0, 0.1) is 5.92 Å². The molecule has 0 saturated heterocycles. The number of rotatable bonds is 5. The number of hydrogen-bond acceptors (Lipinski definition) is 2. The van der Waals surface area contributed by atoms with Gasteiger partial charge in [0.2, 0.25) is 0 Å². The molecule has 1 heterocycles. The normalized spacial score (nSPS) is 12.3. The summed E-state index contributed by atoms with van der Waals surface area (Å²) in [5.41, 5.74) is 1.84. The van der Waals surface area contributed by atoms with Gasteiger partial charge in [0.25, 0.3) is 0 Å². The third-order valence-electron chi connectivity index (χ3n) is 2.96. The van der Waals surface area contributed by atoms with Gasteiger partial charge in [0, 0.05) is 17.1 Å². The molecule has 0 aliphatic heterocycles. The van der Waals surface area contributed by atoms with Gasteiger partial charge in [-0.05, 0) is 36.5 Å². The number of H-pyrrole nitrogens is 1. The summed E-state index contributed by atoms with van der Waals surface area (Å²) in [6.45, 7) is 4.28. The minimum Gasteiger partial charge on any atom is -0.404 e. The fourth-order valence-electron chi connectivity index (χ4n) is 2.07. The summed E-state index contributed by atoms with van der Waals surface area (Å²) < 4.78 is 15.8. The summed E-state index contributed by atoms with van der Waals surface area (Å²) in [5, 5.41) is 0.756. The van der Waals surface area contributed by atoms with Crippen LogP contribution in [0.5, 0.6) is 5.75 Å². The summed E-state index contributed by atoms with van der Waals surface area (Å²) in [6, 6.07) is 5.14. The van der Waals surface area contributed by atoms with Crippen LogP contribution in [0.3, 0.4) is 0 Å². The van der Waals surface area contributed by atoms with Crippen molar-refractivity contribution >= 4 is 18.7 Å². The minimum absolute atomic E-state index is 0.228. The van der Waals surface area contributed by atoms with E-state index in [2.05, 4.69) is 18.8 Å². The quantitative estimate of drug-likeness (QED) is 0.736. The number of hydrogen-bond donors (Lipinski definition) is 3. The predicted molar refractivity (Wildman–Crippen MR) is 74.1 cm³/mol. The predicted octanol–water partition coefficient (Wildman–Crippen LogP) is 3.23. The van der Waals surface area contributed by atoms with Crippen LogP contribution in [-0.2, 0) is 11.0 Å². The molecule has 0 aliphatic carbocycles. The van der Waals surface area contributed by atoms with E-state index in [-0.39, 0.29) is 5.75 Å². The second-order valence-corrected chi connectivity index (χ2v) is 6.17. The van der Waals surface area contributed by atoms with Gasteiger partial charge in [-0.1, -0.05) is 19.9 Å². The van der Waals surface area contributed by atoms with Crippen LogP contribution in [0.1, 0.15) is 25.8 Å². The van der Waals surface area contributed by atoms with Crippen molar-refractivity contribution in [1.29, 1.82) is 0 Å². The minimum atomic E-state index is -4.54. The maximum absolute atomic E-state index is 11.0. The maximum atomic E-state index is 11.0. The van der Waals surface area contributed by atoms with E-state index in [0.29, 0.717) is 5.92 Å². The molecule has 3 N–H and O–H groups in total. The van der Waals surface area contributed by atoms with Crippen molar-refractivity contribution in [3.8, 4) is 5.75 Å². The van der Waals surface area contributed by atoms with Crippen LogP contribution in [-0.4, -0.2) is 14.8 Å². The van der Waals surface area contributed by atoms with Gasteiger partial charge in [-0.25, -0.2) is 4.57 Å². The van der Waals surface area contributed by atoms with Gasteiger partial charge in [-0.3, -0.25) is 9.79 Å². The molecule has 2 rings (SSSR count). The van der Waals surface area contributed by atoms with Gasteiger partial charge in [0.15, 0.2) is 0 Å². The van der Waals surface area contributed by atoms with Crippen molar-refractivity contribution in [3.05, 3.63) is 30.0 Å². The van der Waals surface area contributed by atoms with E-state index >= 15 is 0 Å². The largest absolute Gasteiger partial charge is 0.524 e. The average Bonchev–Trinajstić information content (AvgIpc) is 2.68. The molecular weight excluding hydrogens is 265 g/mol. The number of phosphoric ester groups is 1. The second kappa shape index (κ2) is 5.37. The first-order valence-electron chi connectivity index (χ1n) is 6.21. The van der Waals surface area contributed by atoms with Gasteiger partial charge >= 0.3 is 7.82 Å². The Morgan fingerprint density at radius 2 is 2.11 bits per heavy atom. The zero-order valence-corrected chi connectivity index (χ0v) is 11.9. The fraction of sp³-hybridized carbons (Fsp3) is 0.385. The highest BCUT2D eigenvalue weighted by Crippen LogP contribution is 2.41. The SMILES string of the molecule is CC(C)CCc1c[nH]c2cccc(OP(=O)(O)O)c12. The van der Waals surface area contributed by atoms with Crippen molar-refractivity contribution in [2.75, 3.05) is 0 Å². The van der Waals surface area contributed by atoms with E-state index < -0.39 is 7.82 Å². The van der Waals surface area contributed by atoms with Crippen molar-refractivity contribution in [2.45, 2.75) is 26.7 Å². The molecule has 0 unspecified atom stereocenters. The number of fused-ring (bicyclic) bond motifs is 1. The van der Waals surface area contributed by atoms with Crippen LogP contribution in [0.2, 0.25) is 0 Å². The summed E-state index contributed by atoms with van der Waals surface area (Å²) in [5.74, 6) is 0.797. The van der Waals surface area contributed by atoms with Gasteiger partial charge in [0.1, 0.15) is 5.75 Å². The molecule has 0 atom stereocenters. The Labute approximate surface area is 111 Å². The number of aryl methyl sites for hydroxylation is 1. The molecule has 1 aromatic heterocycles. The number of benzene rings is 1. The van der Waals surface area contributed by atoms with Crippen molar-refractivity contribution in [1.82, 2.24) is 4.98 Å². The Bertz CT molecular complexity index is 614.